The average Bonchev–Trinajstić information content (AvgIpc) is 2.59. The van der Waals surface area contributed by atoms with E-state index >= 15 is 0 Å². The molecule has 0 aromatic carbocycles. The second kappa shape index (κ2) is 4.69. The van der Waals surface area contributed by atoms with Gasteiger partial charge >= 0.3 is 0 Å². The summed E-state index contributed by atoms with van der Waals surface area (Å²) in [4.78, 5) is 13.7. The molecular weight excluding hydrogens is 208 g/mol. The fraction of sp³-hybridized carbons (Fsp3) is 0.909. The van der Waals surface area contributed by atoms with Gasteiger partial charge in [0.05, 0.1) is 18.2 Å². The highest BCUT2D eigenvalue weighted by Gasteiger charge is 2.37. The Labute approximate surface area is 95.4 Å². The second-order valence-corrected chi connectivity index (χ2v) is 4.93. The molecule has 0 radical (unpaired) electrons. The van der Waals surface area contributed by atoms with E-state index in [4.69, 9.17) is 0 Å². The van der Waals surface area contributed by atoms with Crippen LogP contribution in [0.25, 0.3) is 0 Å². The Kier molecular flexibility index (Phi) is 3.47. The number of hydrogen-bond acceptors (Lipinski definition) is 4. The summed E-state index contributed by atoms with van der Waals surface area (Å²) in [6.45, 7) is 3.45. The third-order valence-corrected chi connectivity index (χ3v) is 3.61. The van der Waals surface area contributed by atoms with Crippen molar-refractivity contribution in [3.63, 3.8) is 0 Å². The van der Waals surface area contributed by atoms with Crippen LogP contribution in [0.5, 0.6) is 0 Å². The molecular formula is C11H20N2O3. The molecule has 1 amide bonds. The van der Waals surface area contributed by atoms with E-state index in [2.05, 4.69) is 12.2 Å². The number of hydrogen-bond donors (Lipinski definition) is 3. The number of rotatable bonds is 1. The predicted octanol–water partition coefficient (Wildman–Crippen LogP) is -1.06. The quantitative estimate of drug-likeness (QED) is 0.535. The molecule has 5 heteroatoms. The van der Waals surface area contributed by atoms with Gasteiger partial charge in [-0.3, -0.25) is 4.79 Å². The van der Waals surface area contributed by atoms with Gasteiger partial charge in [-0.25, -0.2) is 0 Å². The fourth-order valence-electron chi connectivity index (χ4n) is 2.53. The lowest BCUT2D eigenvalue weighted by Gasteiger charge is -2.32. The minimum absolute atomic E-state index is 0.0165. The van der Waals surface area contributed by atoms with Crippen LogP contribution in [-0.4, -0.2) is 58.9 Å². The number of β-amino-alcohol motifs (C(OH)–C–C–N with tert-alkyl or cyclic N) is 2. The Bertz CT molecular complexity index is 262. The zero-order valence-corrected chi connectivity index (χ0v) is 9.59. The van der Waals surface area contributed by atoms with Crippen LogP contribution in [0.2, 0.25) is 0 Å². The number of likely N-dealkylation sites (tertiary alicyclic amines) is 1. The van der Waals surface area contributed by atoms with Crippen molar-refractivity contribution in [3.8, 4) is 0 Å². The third kappa shape index (κ3) is 2.21. The van der Waals surface area contributed by atoms with Crippen LogP contribution in [0.15, 0.2) is 0 Å². The molecule has 2 rings (SSSR count). The predicted molar refractivity (Wildman–Crippen MR) is 58.8 cm³/mol. The van der Waals surface area contributed by atoms with Gasteiger partial charge in [-0.1, -0.05) is 6.92 Å². The minimum Gasteiger partial charge on any atom is -0.388 e. The molecule has 3 N–H and O–H groups in total. The molecule has 16 heavy (non-hydrogen) atoms. The summed E-state index contributed by atoms with van der Waals surface area (Å²) in [5, 5.41) is 22.1. The van der Waals surface area contributed by atoms with E-state index in [1.54, 1.807) is 4.90 Å². The van der Waals surface area contributed by atoms with Crippen molar-refractivity contribution in [3.05, 3.63) is 0 Å². The van der Waals surface area contributed by atoms with Crippen LogP contribution in [0.3, 0.4) is 0 Å². The van der Waals surface area contributed by atoms with Gasteiger partial charge in [0.2, 0.25) is 5.91 Å². The Balaban J connectivity index is 1.96. The molecule has 2 aliphatic rings. The summed E-state index contributed by atoms with van der Waals surface area (Å²) < 4.78 is 0. The molecule has 92 valence electrons. The Morgan fingerprint density at radius 3 is 2.50 bits per heavy atom. The zero-order chi connectivity index (χ0) is 11.7. The Hall–Kier alpha value is -0.650. The van der Waals surface area contributed by atoms with E-state index in [9.17, 15) is 15.0 Å². The van der Waals surface area contributed by atoms with Gasteiger partial charge in [0, 0.05) is 13.1 Å². The first-order chi connectivity index (χ1) is 7.59. The first-order valence-electron chi connectivity index (χ1n) is 5.98. The number of carbonyl (C=O) groups excluding carboxylic acids is 1. The van der Waals surface area contributed by atoms with Crippen molar-refractivity contribution in [2.45, 2.75) is 38.0 Å². The molecule has 4 atom stereocenters. The maximum Gasteiger partial charge on any atom is 0.240 e. The summed E-state index contributed by atoms with van der Waals surface area (Å²) in [5.74, 6) is 0.346. The topological polar surface area (TPSA) is 72.8 Å². The van der Waals surface area contributed by atoms with Gasteiger partial charge in [-0.2, -0.15) is 0 Å². The number of amides is 1. The fourth-order valence-corrected chi connectivity index (χ4v) is 2.53. The van der Waals surface area contributed by atoms with Crippen LogP contribution in [0, 0.1) is 5.92 Å². The van der Waals surface area contributed by atoms with E-state index in [1.165, 1.54) is 0 Å². The van der Waals surface area contributed by atoms with Crippen molar-refractivity contribution in [1.29, 1.82) is 0 Å². The number of piperidine rings is 1. The number of nitrogens with zero attached hydrogens (tertiary/aromatic N) is 1. The number of nitrogens with one attached hydrogen (secondary N) is 1. The number of carbonyl (C=O) groups is 1. The SMILES string of the molecule is CC1CCCNC1C(=O)N1CC(O)C(O)C1. The number of aliphatic hydroxyl groups is 2. The van der Waals surface area contributed by atoms with E-state index < -0.39 is 12.2 Å². The molecule has 2 saturated heterocycles. The maximum atomic E-state index is 12.1. The standard InChI is InChI=1S/C11H20N2O3/c1-7-3-2-4-12-10(7)11(16)13-5-8(14)9(15)6-13/h7-10,12,14-15H,2-6H2,1H3. The molecule has 5 nitrogen and oxygen atoms in total. The van der Waals surface area contributed by atoms with E-state index in [0.717, 1.165) is 19.4 Å². The van der Waals surface area contributed by atoms with E-state index in [1.807, 2.05) is 0 Å². The van der Waals surface area contributed by atoms with Gasteiger partial charge in [0.25, 0.3) is 0 Å². The van der Waals surface area contributed by atoms with Crippen molar-refractivity contribution in [2.75, 3.05) is 19.6 Å². The van der Waals surface area contributed by atoms with Crippen LogP contribution in [-0.2, 0) is 4.79 Å². The molecule has 0 spiro atoms. The molecule has 4 unspecified atom stereocenters. The molecule has 2 heterocycles. The Morgan fingerprint density at radius 2 is 1.94 bits per heavy atom. The highest BCUT2D eigenvalue weighted by atomic mass is 16.3. The van der Waals surface area contributed by atoms with E-state index in [-0.39, 0.29) is 25.0 Å². The molecule has 0 aromatic heterocycles. The number of aliphatic hydroxyl groups excluding tert-OH is 2. The van der Waals surface area contributed by atoms with Crippen LogP contribution in [0.1, 0.15) is 19.8 Å². The van der Waals surface area contributed by atoms with Crippen LogP contribution >= 0.6 is 0 Å². The van der Waals surface area contributed by atoms with Crippen molar-refractivity contribution in [2.24, 2.45) is 5.92 Å². The largest absolute Gasteiger partial charge is 0.388 e. The molecule has 2 aliphatic heterocycles. The van der Waals surface area contributed by atoms with Crippen LogP contribution < -0.4 is 5.32 Å². The van der Waals surface area contributed by atoms with E-state index in [0.29, 0.717) is 5.92 Å². The normalized spacial score (nSPS) is 40.1. The highest BCUT2D eigenvalue weighted by molar-refractivity contribution is 5.82. The zero-order valence-electron chi connectivity index (χ0n) is 9.59. The van der Waals surface area contributed by atoms with Gasteiger partial charge in [0.15, 0.2) is 0 Å². The lowest BCUT2D eigenvalue weighted by Crippen LogP contribution is -2.52. The molecule has 0 aliphatic carbocycles. The highest BCUT2D eigenvalue weighted by Crippen LogP contribution is 2.20. The minimum atomic E-state index is -0.789. The first-order valence-corrected chi connectivity index (χ1v) is 5.98. The maximum absolute atomic E-state index is 12.1. The molecule has 0 aromatic rings. The van der Waals surface area contributed by atoms with Gasteiger partial charge in [-0.15, -0.1) is 0 Å². The lowest BCUT2D eigenvalue weighted by molar-refractivity contribution is -0.134. The summed E-state index contributed by atoms with van der Waals surface area (Å²) in [5.41, 5.74) is 0. The second-order valence-electron chi connectivity index (χ2n) is 4.93. The molecule has 0 saturated carbocycles. The Morgan fingerprint density at radius 1 is 1.31 bits per heavy atom. The lowest BCUT2D eigenvalue weighted by atomic mass is 9.92. The van der Waals surface area contributed by atoms with Crippen molar-refractivity contribution < 1.29 is 15.0 Å². The first kappa shape index (κ1) is 11.8. The van der Waals surface area contributed by atoms with Gasteiger partial charge in [-0.05, 0) is 25.3 Å². The smallest absolute Gasteiger partial charge is 0.240 e. The average molecular weight is 228 g/mol. The third-order valence-electron chi connectivity index (χ3n) is 3.61. The van der Waals surface area contributed by atoms with Gasteiger partial charge < -0.3 is 20.4 Å². The van der Waals surface area contributed by atoms with Crippen molar-refractivity contribution >= 4 is 5.91 Å². The van der Waals surface area contributed by atoms with Gasteiger partial charge in [0.1, 0.15) is 0 Å². The summed E-state index contributed by atoms with van der Waals surface area (Å²) >= 11 is 0. The van der Waals surface area contributed by atoms with Crippen LogP contribution in [0.4, 0.5) is 0 Å². The molecule has 0 bridgehead atoms. The van der Waals surface area contributed by atoms with Crippen molar-refractivity contribution in [1.82, 2.24) is 10.2 Å². The monoisotopic (exact) mass is 228 g/mol. The summed E-state index contributed by atoms with van der Waals surface area (Å²) in [6, 6.07) is -0.147. The summed E-state index contributed by atoms with van der Waals surface area (Å²) in [7, 11) is 0. The summed E-state index contributed by atoms with van der Waals surface area (Å²) in [6.07, 6.45) is 0.587. The molecule has 2 fully saturated rings.